The molecule has 2 fully saturated rings. The number of nitrogens with one attached hydrogen (secondary N) is 1. The monoisotopic (exact) mass is 280 g/mol. The fourth-order valence-corrected chi connectivity index (χ4v) is 2.98. The molecule has 0 bridgehead atoms. The minimum atomic E-state index is -0.850. The van der Waals surface area contributed by atoms with Gasteiger partial charge in [-0.25, -0.2) is 8.78 Å². The van der Waals surface area contributed by atoms with Crippen molar-refractivity contribution in [1.29, 1.82) is 0 Å². The van der Waals surface area contributed by atoms with Gasteiger partial charge in [-0.3, -0.25) is 9.59 Å². The largest absolute Gasteiger partial charge is 0.355 e. The molecule has 1 N–H and O–H groups in total. The van der Waals surface area contributed by atoms with Crippen LogP contribution in [0.1, 0.15) is 23.2 Å². The third-order valence-electron chi connectivity index (χ3n) is 4.08. The van der Waals surface area contributed by atoms with Crippen molar-refractivity contribution in [2.24, 2.45) is 5.41 Å². The smallest absolute Gasteiger partial charge is 0.256 e. The maximum absolute atomic E-state index is 13.6. The summed E-state index contributed by atoms with van der Waals surface area (Å²) in [6.07, 6.45) is 1.13. The van der Waals surface area contributed by atoms with Crippen LogP contribution in [0.25, 0.3) is 0 Å². The van der Waals surface area contributed by atoms with Gasteiger partial charge in [0.1, 0.15) is 11.6 Å². The van der Waals surface area contributed by atoms with Crippen molar-refractivity contribution in [3.8, 4) is 0 Å². The third-order valence-corrected chi connectivity index (χ3v) is 4.08. The fourth-order valence-electron chi connectivity index (χ4n) is 2.98. The quantitative estimate of drug-likeness (QED) is 0.843. The highest BCUT2D eigenvalue weighted by Gasteiger charge is 2.45. The van der Waals surface area contributed by atoms with E-state index in [9.17, 15) is 18.4 Å². The predicted octanol–water partition coefficient (Wildman–Crippen LogP) is 1.32. The Kier molecular flexibility index (Phi) is 2.96. The zero-order valence-electron chi connectivity index (χ0n) is 10.8. The molecule has 1 atom stereocenters. The number of amides is 2. The number of nitrogens with zero attached hydrogens (tertiary/aromatic N) is 1. The number of likely N-dealkylation sites (tertiary alicyclic amines) is 1. The van der Waals surface area contributed by atoms with Gasteiger partial charge in [0, 0.05) is 37.5 Å². The minimum absolute atomic E-state index is 0.00717. The molecule has 2 heterocycles. The van der Waals surface area contributed by atoms with Crippen molar-refractivity contribution >= 4 is 11.8 Å². The van der Waals surface area contributed by atoms with E-state index in [0.29, 0.717) is 32.1 Å². The van der Waals surface area contributed by atoms with Gasteiger partial charge in [0.25, 0.3) is 5.91 Å². The van der Waals surface area contributed by atoms with E-state index in [-0.39, 0.29) is 16.9 Å². The maximum Gasteiger partial charge on any atom is 0.256 e. The maximum atomic E-state index is 13.6. The molecule has 0 radical (unpaired) electrons. The summed E-state index contributed by atoms with van der Waals surface area (Å²) in [5.74, 6) is -2.01. The van der Waals surface area contributed by atoms with Crippen LogP contribution in [-0.4, -0.2) is 36.3 Å². The zero-order chi connectivity index (χ0) is 14.3. The van der Waals surface area contributed by atoms with Gasteiger partial charge in [-0.05, 0) is 18.6 Å². The Morgan fingerprint density at radius 3 is 2.80 bits per heavy atom. The average Bonchev–Trinajstić information content (AvgIpc) is 2.96. The zero-order valence-corrected chi connectivity index (χ0v) is 10.8. The van der Waals surface area contributed by atoms with Gasteiger partial charge in [0.2, 0.25) is 5.91 Å². The standard InChI is InChI=1S/C14H14F2N2O2/c15-9-1-2-10(11(16)5-9)13(20)18-4-3-14(8-18)6-12(19)17-7-14/h1-2,5H,3-4,6-8H2,(H,17,19). The van der Waals surface area contributed by atoms with Crippen LogP contribution in [0.5, 0.6) is 0 Å². The summed E-state index contributed by atoms with van der Waals surface area (Å²) in [5.41, 5.74) is -0.343. The number of rotatable bonds is 1. The number of hydrogen-bond donors (Lipinski definition) is 1. The highest BCUT2D eigenvalue weighted by Crippen LogP contribution is 2.37. The molecule has 2 saturated heterocycles. The first-order valence-electron chi connectivity index (χ1n) is 6.50. The molecule has 1 aromatic carbocycles. The average molecular weight is 280 g/mol. The van der Waals surface area contributed by atoms with E-state index in [1.165, 1.54) is 4.90 Å². The predicted molar refractivity (Wildman–Crippen MR) is 66.9 cm³/mol. The van der Waals surface area contributed by atoms with E-state index in [1.54, 1.807) is 0 Å². The lowest BCUT2D eigenvalue weighted by Gasteiger charge is -2.22. The van der Waals surface area contributed by atoms with Crippen molar-refractivity contribution in [2.75, 3.05) is 19.6 Å². The van der Waals surface area contributed by atoms with Crippen LogP contribution in [-0.2, 0) is 4.79 Å². The van der Waals surface area contributed by atoms with Crippen LogP contribution >= 0.6 is 0 Å². The molecule has 2 amide bonds. The molecular weight excluding hydrogens is 266 g/mol. The Morgan fingerprint density at radius 2 is 2.15 bits per heavy atom. The van der Waals surface area contributed by atoms with Crippen LogP contribution in [0, 0.1) is 17.0 Å². The molecule has 6 heteroatoms. The number of hydrogen-bond acceptors (Lipinski definition) is 2. The molecule has 0 saturated carbocycles. The lowest BCUT2D eigenvalue weighted by molar-refractivity contribution is -0.119. The SMILES string of the molecule is O=C1CC2(CCN(C(=O)c3ccc(F)cc3F)C2)CN1. The van der Waals surface area contributed by atoms with Crippen molar-refractivity contribution in [3.63, 3.8) is 0 Å². The molecule has 106 valence electrons. The lowest BCUT2D eigenvalue weighted by Crippen LogP contribution is -2.33. The molecule has 0 aromatic heterocycles. The van der Waals surface area contributed by atoms with E-state index in [1.807, 2.05) is 0 Å². The lowest BCUT2D eigenvalue weighted by atomic mass is 9.86. The van der Waals surface area contributed by atoms with E-state index in [4.69, 9.17) is 0 Å². The summed E-state index contributed by atoms with van der Waals surface area (Å²) < 4.78 is 26.5. The van der Waals surface area contributed by atoms with Crippen LogP contribution in [0.3, 0.4) is 0 Å². The van der Waals surface area contributed by atoms with Gasteiger partial charge in [-0.15, -0.1) is 0 Å². The number of carbonyl (C=O) groups excluding carboxylic acids is 2. The molecule has 20 heavy (non-hydrogen) atoms. The summed E-state index contributed by atoms with van der Waals surface area (Å²) in [6, 6.07) is 2.94. The molecule has 1 unspecified atom stereocenters. The van der Waals surface area contributed by atoms with Gasteiger partial charge in [-0.1, -0.05) is 0 Å². The van der Waals surface area contributed by atoms with Crippen LogP contribution in [0.2, 0.25) is 0 Å². The number of halogens is 2. The molecule has 0 aliphatic carbocycles. The van der Waals surface area contributed by atoms with E-state index in [2.05, 4.69) is 5.32 Å². The first-order valence-corrected chi connectivity index (χ1v) is 6.50. The molecule has 4 nitrogen and oxygen atoms in total. The number of carbonyl (C=O) groups is 2. The second kappa shape index (κ2) is 4.54. The molecule has 3 rings (SSSR count). The second-order valence-corrected chi connectivity index (χ2v) is 5.55. The Morgan fingerprint density at radius 1 is 1.35 bits per heavy atom. The van der Waals surface area contributed by atoms with E-state index >= 15 is 0 Å². The van der Waals surface area contributed by atoms with Crippen molar-refractivity contribution in [1.82, 2.24) is 10.2 Å². The van der Waals surface area contributed by atoms with Gasteiger partial charge < -0.3 is 10.2 Å². The molecule has 1 spiro atoms. The highest BCUT2D eigenvalue weighted by atomic mass is 19.1. The van der Waals surface area contributed by atoms with E-state index in [0.717, 1.165) is 18.6 Å². The summed E-state index contributed by atoms with van der Waals surface area (Å²) in [4.78, 5) is 25.1. The number of benzene rings is 1. The molecular formula is C14H14F2N2O2. The van der Waals surface area contributed by atoms with Crippen LogP contribution in [0.15, 0.2) is 18.2 Å². The summed E-state index contributed by atoms with van der Waals surface area (Å²) in [5, 5.41) is 2.77. The van der Waals surface area contributed by atoms with Gasteiger partial charge in [0.15, 0.2) is 0 Å². The third kappa shape index (κ3) is 2.15. The Labute approximate surface area is 114 Å². The summed E-state index contributed by atoms with van der Waals surface area (Å²) >= 11 is 0. The second-order valence-electron chi connectivity index (χ2n) is 5.55. The molecule has 2 aliphatic rings. The van der Waals surface area contributed by atoms with E-state index < -0.39 is 17.5 Å². The summed E-state index contributed by atoms with van der Waals surface area (Å²) in [7, 11) is 0. The van der Waals surface area contributed by atoms with Crippen molar-refractivity contribution in [2.45, 2.75) is 12.8 Å². The van der Waals surface area contributed by atoms with Crippen LogP contribution in [0.4, 0.5) is 8.78 Å². The van der Waals surface area contributed by atoms with Gasteiger partial charge in [-0.2, -0.15) is 0 Å². The normalized spacial score (nSPS) is 25.3. The topological polar surface area (TPSA) is 49.4 Å². The Balaban J connectivity index is 1.77. The Hall–Kier alpha value is -1.98. The first-order chi connectivity index (χ1) is 9.49. The van der Waals surface area contributed by atoms with Gasteiger partial charge >= 0.3 is 0 Å². The van der Waals surface area contributed by atoms with Crippen molar-refractivity contribution in [3.05, 3.63) is 35.4 Å². The van der Waals surface area contributed by atoms with Gasteiger partial charge in [0.05, 0.1) is 5.56 Å². The Bertz CT molecular complexity index is 591. The molecule has 2 aliphatic heterocycles. The van der Waals surface area contributed by atoms with Crippen LogP contribution < -0.4 is 5.32 Å². The minimum Gasteiger partial charge on any atom is -0.355 e. The first kappa shape index (κ1) is 13.0. The summed E-state index contributed by atoms with van der Waals surface area (Å²) in [6.45, 7) is 1.48. The molecule has 1 aromatic rings. The van der Waals surface area contributed by atoms with Crippen molar-refractivity contribution < 1.29 is 18.4 Å². The highest BCUT2D eigenvalue weighted by molar-refractivity contribution is 5.94. The fraction of sp³-hybridized carbons (Fsp3) is 0.429.